The number of hydrogen-bond acceptors (Lipinski definition) is 4. The Hall–Kier alpha value is -0.170. The predicted molar refractivity (Wildman–Crippen MR) is 36.1 cm³/mol. The summed E-state index contributed by atoms with van der Waals surface area (Å²) in [6.45, 7) is 0.188. The first kappa shape index (κ1) is 9.83. The summed E-state index contributed by atoms with van der Waals surface area (Å²) in [5, 5.41) is 8.50. The van der Waals surface area contributed by atoms with Gasteiger partial charge in [-0.3, -0.25) is 4.55 Å². The van der Waals surface area contributed by atoms with Gasteiger partial charge in [0.15, 0.2) is 0 Å². The zero-order valence-electron chi connectivity index (χ0n) is 5.61. The van der Waals surface area contributed by atoms with Crippen molar-refractivity contribution < 1.29 is 18.1 Å². The van der Waals surface area contributed by atoms with Gasteiger partial charge in [0, 0.05) is 6.54 Å². The fraction of sp³-hybridized carbons (Fsp3) is 1.00. The van der Waals surface area contributed by atoms with Crippen molar-refractivity contribution in [1.29, 1.82) is 0 Å². The van der Waals surface area contributed by atoms with Gasteiger partial charge in [0.05, 0.1) is 6.61 Å². The molecule has 6 heteroatoms. The molecule has 0 heterocycles. The summed E-state index contributed by atoms with van der Waals surface area (Å²) in [7, 11) is -4.24. The van der Waals surface area contributed by atoms with Crippen LogP contribution in [0.15, 0.2) is 0 Å². The van der Waals surface area contributed by atoms with Crippen LogP contribution >= 0.6 is 0 Å². The van der Waals surface area contributed by atoms with E-state index in [2.05, 4.69) is 0 Å². The van der Waals surface area contributed by atoms with E-state index < -0.39 is 21.5 Å². The predicted octanol–water partition coefficient (Wildman–Crippen LogP) is -1.42. The van der Waals surface area contributed by atoms with Crippen LogP contribution in [0, 0.1) is 0 Å². The van der Waals surface area contributed by atoms with E-state index in [1.165, 1.54) is 6.92 Å². The van der Waals surface area contributed by atoms with Crippen LogP contribution in [0.4, 0.5) is 0 Å². The number of nitrogens with two attached hydrogens (primary N) is 1. The topological polar surface area (TPSA) is 101 Å². The molecular weight excluding hydrogens is 158 g/mol. The lowest BCUT2D eigenvalue weighted by molar-refractivity contribution is 0.244. The van der Waals surface area contributed by atoms with Gasteiger partial charge in [-0.1, -0.05) is 0 Å². The van der Waals surface area contributed by atoms with E-state index in [4.69, 9.17) is 15.4 Å². The second-order valence-electron chi connectivity index (χ2n) is 2.29. The SMILES string of the molecule is CC(CN)(CO)S(=O)(=O)O. The van der Waals surface area contributed by atoms with Crippen LogP contribution < -0.4 is 5.73 Å². The molecule has 0 aliphatic heterocycles. The van der Waals surface area contributed by atoms with Crippen LogP contribution in [-0.4, -0.2) is 36.0 Å². The van der Waals surface area contributed by atoms with Gasteiger partial charge in [0.25, 0.3) is 10.1 Å². The Morgan fingerprint density at radius 1 is 1.60 bits per heavy atom. The Morgan fingerprint density at radius 3 is 2.00 bits per heavy atom. The van der Waals surface area contributed by atoms with Gasteiger partial charge in [-0.2, -0.15) is 8.42 Å². The average Bonchev–Trinajstić information content (AvgIpc) is 1.84. The lowest BCUT2D eigenvalue weighted by Crippen LogP contribution is -2.45. The molecule has 0 fully saturated rings. The van der Waals surface area contributed by atoms with Crippen molar-refractivity contribution in [2.45, 2.75) is 11.7 Å². The van der Waals surface area contributed by atoms with E-state index in [9.17, 15) is 8.42 Å². The number of aliphatic hydroxyl groups excluding tert-OH is 1. The molecule has 0 radical (unpaired) electrons. The van der Waals surface area contributed by atoms with Crippen molar-refractivity contribution in [1.82, 2.24) is 0 Å². The average molecular weight is 169 g/mol. The highest BCUT2D eigenvalue weighted by molar-refractivity contribution is 7.87. The van der Waals surface area contributed by atoms with Gasteiger partial charge in [0.2, 0.25) is 0 Å². The maximum atomic E-state index is 10.4. The molecule has 0 rings (SSSR count). The molecule has 62 valence electrons. The Morgan fingerprint density at radius 2 is 2.00 bits per heavy atom. The van der Waals surface area contributed by atoms with E-state index in [-0.39, 0.29) is 6.54 Å². The largest absolute Gasteiger partial charge is 0.395 e. The van der Waals surface area contributed by atoms with Crippen LogP contribution in [0.5, 0.6) is 0 Å². The fourth-order valence-corrected chi connectivity index (χ4v) is 0.625. The van der Waals surface area contributed by atoms with Gasteiger partial charge in [-0.25, -0.2) is 0 Å². The van der Waals surface area contributed by atoms with Crippen LogP contribution in [-0.2, 0) is 10.1 Å². The molecule has 0 bridgehead atoms. The highest BCUT2D eigenvalue weighted by Gasteiger charge is 2.35. The molecule has 0 amide bonds. The Kier molecular flexibility index (Phi) is 2.78. The zero-order chi connectivity index (χ0) is 8.41. The van der Waals surface area contributed by atoms with Crippen LogP contribution in [0.3, 0.4) is 0 Å². The third-order valence-corrected chi connectivity index (χ3v) is 2.93. The smallest absolute Gasteiger partial charge is 0.273 e. The monoisotopic (exact) mass is 169 g/mol. The normalized spacial score (nSPS) is 18.4. The third-order valence-electron chi connectivity index (χ3n) is 1.39. The Balaban J connectivity index is 4.68. The van der Waals surface area contributed by atoms with E-state index >= 15 is 0 Å². The summed E-state index contributed by atoms with van der Waals surface area (Å²) in [5.74, 6) is 0. The molecular formula is C4H11NO4S. The third kappa shape index (κ3) is 1.66. The molecule has 1 unspecified atom stereocenters. The fourth-order valence-electron chi connectivity index (χ4n) is 0.251. The molecule has 4 N–H and O–H groups in total. The van der Waals surface area contributed by atoms with Gasteiger partial charge < -0.3 is 10.8 Å². The first-order valence-electron chi connectivity index (χ1n) is 2.65. The second-order valence-corrected chi connectivity index (χ2v) is 4.22. The number of hydrogen-bond donors (Lipinski definition) is 3. The molecule has 1 atom stereocenters. The van der Waals surface area contributed by atoms with E-state index in [0.717, 1.165) is 0 Å². The van der Waals surface area contributed by atoms with E-state index in [1.807, 2.05) is 0 Å². The maximum Gasteiger partial charge on any atom is 0.273 e. The standard InChI is InChI=1S/C4H11NO4S/c1-4(2-5,3-6)10(7,8)9/h6H,2-3,5H2,1H3,(H,7,8,9). The van der Waals surface area contributed by atoms with Crippen molar-refractivity contribution in [2.75, 3.05) is 13.2 Å². The molecule has 0 saturated carbocycles. The van der Waals surface area contributed by atoms with Crippen molar-refractivity contribution in [3.8, 4) is 0 Å². The Labute approximate surface area is 59.6 Å². The summed E-state index contributed by atoms with van der Waals surface area (Å²) in [5.41, 5.74) is 5.00. The van der Waals surface area contributed by atoms with Crippen molar-refractivity contribution >= 4 is 10.1 Å². The first-order valence-corrected chi connectivity index (χ1v) is 4.09. The summed E-state index contributed by atoms with van der Waals surface area (Å²) >= 11 is 0. The van der Waals surface area contributed by atoms with E-state index in [0.29, 0.717) is 0 Å². The molecule has 0 saturated heterocycles. The zero-order valence-corrected chi connectivity index (χ0v) is 6.43. The van der Waals surface area contributed by atoms with Gasteiger partial charge in [0.1, 0.15) is 4.75 Å². The molecule has 0 aliphatic carbocycles. The summed E-state index contributed by atoms with van der Waals surface area (Å²) < 4.78 is 27.7. The van der Waals surface area contributed by atoms with Crippen LogP contribution in [0.1, 0.15) is 6.92 Å². The van der Waals surface area contributed by atoms with Gasteiger partial charge in [-0.05, 0) is 6.92 Å². The van der Waals surface area contributed by atoms with Crippen LogP contribution in [0.2, 0.25) is 0 Å². The van der Waals surface area contributed by atoms with Gasteiger partial charge >= 0.3 is 0 Å². The highest BCUT2D eigenvalue weighted by Crippen LogP contribution is 2.11. The molecule has 0 aliphatic rings. The minimum atomic E-state index is -4.24. The molecule has 0 spiro atoms. The van der Waals surface area contributed by atoms with Crippen LogP contribution in [0.25, 0.3) is 0 Å². The van der Waals surface area contributed by atoms with Crippen molar-refractivity contribution in [2.24, 2.45) is 5.73 Å². The molecule has 0 aromatic carbocycles. The highest BCUT2D eigenvalue weighted by atomic mass is 32.2. The maximum absolute atomic E-state index is 10.4. The summed E-state index contributed by atoms with van der Waals surface area (Å²) in [6.07, 6.45) is 0. The number of rotatable bonds is 3. The minimum absolute atomic E-state index is 0.303. The first-order chi connectivity index (χ1) is 4.37. The lowest BCUT2D eigenvalue weighted by Gasteiger charge is -2.20. The summed E-state index contributed by atoms with van der Waals surface area (Å²) in [6, 6.07) is 0. The summed E-state index contributed by atoms with van der Waals surface area (Å²) in [4.78, 5) is 0. The molecule has 0 aromatic rings. The molecule has 10 heavy (non-hydrogen) atoms. The van der Waals surface area contributed by atoms with Crippen molar-refractivity contribution in [3.05, 3.63) is 0 Å². The van der Waals surface area contributed by atoms with E-state index in [1.54, 1.807) is 0 Å². The molecule has 0 aromatic heterocycles. The minimum Gasteiger partial charge on any atom is -0.395 e. The lowest BCUT2D eigenvalue weighted by atomic mass is 10.2. The van der Waals surface area contributed by atoms with Crippen molar-refractivity contribution in [3.63, 3.8) is 0 Å². The second kappa shape index (κ2) is 2.83. The van der Waals surface area contributed by atoms with Gasteiger partial charge in [-0.15, -0.1) is 0 Å². The Bertz CT molecular complexity index is 193. The quantitative estimate of drug-likeness (QED) is 0.450. The molecule has 5 nitrogen and oxygen atoms in total. The number of aliphatic hydroxyl groups is 1.